The summed E-state index contributed by atoms with van der Waals surface area (Å²) >= 11 is 0. The molecule has 1 fully saturated rings. The van der Waals surface area contributed by atoms with E-state index in [1.165, 1.54) is 6.42 Å². The zero-order valence-electron chi connectivity index (χ0n) is 7.98. The van der Waals surface area contributed by atoms with Crippen molar-refractivity contribution < 1.29 is 14.9 Å². The molecule has 1 atom stereocenters. The van der Waals surface area contributed by atoms with Gasteiger partial charge in [-0.15, -0.1) is 0 Å². The number of likely N-dealkylation sites (tertiary alicyclic amines) is 1. The van der Waals surface area contributed by atoms with Crippen molar-refractivity contribution in [3.63, 3.8) is 0 Å². The Hall–Kier alpha value is -0.160. The van der Waals surface area contributed by atoms with Gasteiger partial charge in [0.15, 0.2) is 0 Å². The van der Waals surface area contributed by atoms with Crippen LogP contribution in [0.1, 0.15) is 12.8 Å². The Balaban J connectivity index is 2.06. The lowest BCUT2D eigenvalue weighted by atomic mass is 10.2. The normalized spacial score (nSPS) is 24.0. The molecule has 1 rings (SSSR count). The van der Waals surface area contributed by atoms with E-state index in [4.69, 9.17) is 14.9 Å². The summed E-state index contributed by atoms with van der Waals surface area (Å²) in [6.45, 7) is 3.33. The highest BCUT2D eigenvalue weighted by Crippen LogP contribution is 2.15. The second-order valence-corrected chi connectivity index (χ2v) is 3.35. The van der Waals surface area contributed by atoms with E-state index in [9.17, 15) is 0 Å². The fourth-order valence-corrected chi connectivity index (χ4v) is 1.74. The number of rotatable bonds is 6. The molecule has 4 heteroatoms. The van der Waals surface area contributed by atoms with Crippen LogP contribution in [0.15, 0.2) is 0 Å². The van der Waals surface area contributed by atoms with Gasteiger partial charge in [-0.2, -0.15) is 0 Å². The monoisotopic (exact) mass is 189 g/mol. The van der Waals surface area contributed by atoms with Gasteiger partial charge in [0, 0.05) is 12.6 Å². The Morgan fingerprint density at radius 1 is 1.31 bits per heavy atom. The number of ether oxygens (including phenoxy) is 1. The van der Waals surface area contributed by atoms with Crippen molar-refractivity contribution in [1.29, 1.82) is 0 Å². The predicted octanol–water partition coefficient (Wildman–Crippen LogP) is -0.548. The van der Waals surface area contributed by atoms with Crippen LogP contribution in [0.5, 0.6) is 0 Å². The third-order valence-electron chi connectivity index (χ3n) is 2.47. The summed E-state index contributed by atoms with van der Waals surface area (Å²) in [6.07, 6.45) is 2.27. The van der Waals surface area contributed by atoms with Crippen LogP contribution in [-0.4, -0.2) is 60.7 Å². The molecule has 4 nitrogen and oxygen atoms in total. The molecule has 0 bridgehead atoms. The summed E-state index contributed by atoms with van der Waals surface area (Å²) in [5.74, 6) is 0. The minimum Gasteiger partial charge on any atom is -0.395 e. The van der Waals surface area contributed by atoms with Gasteiger partial charge in [0.1, 0.15) is 0 Å². The molecule has 0 amide bonds. The lowest BCUT2D eigenvalue weighted by Crippen LogP contribution is -2.35. The second kappa shape index (κ2) is 6.32. The van der Waals surface area contributed by atoms with Crippen molar-refractivity contribution in [2.45, 2.75) is 18.9 Å². The molecule has 0 spiro atoms. The quantitative estimate of drug-likeness (QED) is 0.551. The van der Waals surface area contributed by atoms with Crippen LogP contribution in [0.2, 0.25) is 0 Å². The van der Waals surface area contributed by atoms with Crippen LogP contribution in [0.3, 0.4) is 0 Å². The van der Waals surface area contributed by atoms with Gasteiger partial charge >= 0.3 is 0 Å². The molecule has 1 heterocycles. The van der Waals surface area contributed by atoms with E-state index >= 15 is 0 Å². The topological polar surface area (TPSA) is 52.9 Å². The van der Waals surface area contributed by atoms with Crippen LogP contribution in [0.25, 0.3) is 0 Å². The molecule has 0 aromatic rings. The van der Waals surface area contributed by atoms with E-state index in [1.807, 2.05) is 0 Å². The number of nitrogens with zero attached hydrogens (tertiary/aromatic N) is 1. The third kappa shape index (κ3) is 3.60. The molecule has 1 aliphatic heterocycles. The van der Waals surface area contributed by atoms with Crippen molar-refractivity contribution in [3.05, 3.63) is 0 Å². The zero-order valence-corrected chi connectivity index (χ0v) is 7.98. The van der Waals surface area contributed by atoms with Gasteiger partial charge < -0.3 is 14.9 Å². The molecule has 0 aliphatic carbocycles. The van der Waals surface area contributed by atoms with Gasteiger partial charge in [-0.3, -0.25) is 4.90 Å². The summed E-state index contributed by atoms with van der Waals surface area (Å²) in [6, 6.07) is 0.331. The molecular formula is C9H19NO3. The molecule has 0 unspecified atom stereocenters. The van der Waals surface area contributed by atoms with Crippen molar-refractivity contribution in [2.24, 2.45) is 0 Å². The van der Waals surface area contributed by atoms with Crippen LogP contribution >= 0.6 is 0 Å². The molecule has 1 aliphatic rings. The van der Waals surface area contributed by atoms with Crippen LogP contribution < -0.4 is 0 Å². The summed E-state index contributed by atoms with van der Waals surface area (Å²) in [7, 11) is 0. The standard InChI is InChI=1S/C9H19NO3/c11-5-7-13-6-4-10-3-1-2-9(10)8-12/h9,11-12H,1-8H2/t9-/m1/s1. The van der Waals surface area contributed by atoms with E-state index < -0.39 is 0 Å². The van der Waals surface area contributed by atoms with Crippen molar-refractivity contribution >= 4 is 0 Å². The van der Waals surface area contributed by atoms with Gasteiger partial charge in [0.2, 0.25) is 0 Å². The first kappa shape index (κ1) is 10.9. The molecule has 0 saturated carbocycles. The SMILES string of the molecule is OCCOCCN1CCC[C@@H]1CO. The van der Waals surface area contributed by atoms with E-state index in [0.29, 0.717) is 19.3 Å². The van der Waals surface area contributed by atoms with Gasteiger partial charge in [0.05, 0.1) is 26.4 Å². The molecular weight excluding hydrogens is 170 g/mol. The summed E-state index contributed by atoms with van der Waals surface area (Å²) in [4.78, 5) is 2.25. The summed E-state index contributed by atoms with van der Waals surface area (Å²) < 4.78 is 5.16. The highest BCUT2D eigenvalue weighted by Gasteiger charge is 2.22. The molecule has 13 heavy (non-hydrogen) atoms. The third-order valence-corrected chi connectivity index (χ3v) is 2.47. The average Bonchev–Trinajstić information content (AvgIpc) is 2.60. The van der Waals surface area contributed by atoms with Crippen LogP contribution in [-0.2, 0) is 4.74 Å². The fourth-order valence-electron chi connectivity index (χ4n) is 1.74. The van der Waals surface area contributed by atoms with Gasteiger partial charge in [-0.05, 0) is 19.4 Å². The maximum absolute atomic E-state index is 9.02. The molecule has 2 N–H and O–H groups in total. The van der Waals surface area contributed by atoms with E-state index in [0.717, 1.165) is 19.5 Å². The Morgan fingerprint density at radius 3 is 2.85 bits per heavy atom. The van der Waals surface area contributed by atoms with E-state index in [-0.39, 0.29) is 13.2 Å². The Labute approximate surface area is 79.1 Å². The molecule has 0 radical (unpaired) electrons. The lowest BCUT2D eigenvalue weighted by Gasteiger charge is -2.22. The maximum atomic E-state index is 9.02. The number of aliphatic hydroxyl groups is 2. The van der Waals surface area contributed by atoms with Crippen molar-refractivity contribution in [2.75, 3.05) is 39.5 Å². The lowest BCUT2D eigenvalue weighted by molar-refractivity contribution is 0.0634. The number of aliphatic hydroxyl groups excluding tert-OH is 2. The molecule has 1 saturated heterocycles. The highest BCUT2D eigenvalue weighted by atomic mass is 16.5. The smallest absolute Gasteiger partial charge is 0.0698 e. The Morgan fingerprint density at radius 2 is 2.15 bits per heavy atom. The van der Waals surface area contributed by atoms with E-state index in [2.05, 4.69) is 4.90 Å². The minimum absolute atomic E-state index is 0.0867. The average molecular weight is 189 g/mol. The predicted molar refractivity (Wildman–Crippen MR) is 49.6 cm³/mol. The van der Waals surface area contributed by atoms with Gasteiger partial charge in [0.25, 0.3) is 0 Å². The minimum atomic E-state index is 0.0867. The molecule has 0 aromatic carbocycles. The molecule has 78 valence electrons. The van der Waals surface area contributed by atoms with E-state index in [1.54, 1.807) is 0 Å². The Bertz CT molecular complexity index is 132. The first-order chi connectivity index (χ1) is 6.38. The fraction of sp³-hybridized carbons (Fsp3) is 1.00. The van der Waals surface area contributed by atoms with Gasteiger partial charge in [-0.1, -0.05) is 0 Å². The number of hydrogen-bond donors (Lipinski definition) is 2. The summed E-state index contributed by atoms with van der Waals surface area (Å²) in [5, 5.41) is 17.5. The summed E-state index contributed by atoms with van der Waals surface area (Å²) in [5.41, 5.74) is 0. The Kier molecular flexibility index (Phi) is 5.31. The maximum Gasteiger partial charge on any atom is 0.0698 e. The largest absolute Gasteiger partial charge is 0.395 e. The van der Waals surface area contributed by atoms with Gasteiger partial charge in [-0.25, -0.2) is 0 Å². The zero-order chi connectivity index (χ0) is 9.52. The molecule has 0 aromatic heterocycles. The van der Waals surface area contributed by atoms with Crippen molar-refractivity contribution in [1.82, 2.24) is 4.90 Å². The highest BCUT2D eigenvalue weighted by molar-refractivity contribution is 4.77. The van der Waals surface area contributed by atoms with Crippen LogP contribution in [0, 0.1) is 0 Å². The second-order valence-electron chi connectivity index (χ2n) is 3.35. The van der Waals surface area contributed by atoms with Crippen LogP contribution in [0.4, 0.5) is 0 Å². The first-order valence-corrected chi connectivity index (χ1v) is 4.92. The van der Waals surface area contributed by atoms with Crippen molar-refractivity contribution in [3.8, 4) is 0 Å². The number of hydrogen-bond acceptors (Lipinski definition) is 4. The first-order valence-electron chi connectivity index (χ1n) is 4.92.